The Balaban J connectivity index is 2.71. The van der Waals surface area contributed by atoms with Gasteiger partial charge in [-0.1, -0.05) is 12.1 Å². The maximum atomic E-state index is 11.5. The Bertz CT molecular complexity index is 364. The lowest BCUT2D eigenvalue weighted by molar-refractivity contribution is 0.241. The van der Waals surface area contributed by atoms with Crippen molar-refractivity contribution < 1.29 is 4.79 Å². The summed E-state index contributed by atoms with van der Waals surface area (Å²) in [5.74, 6) is 0. The summed E-state index contributed by atoms with van der Waals surface area (Å²) in [5, 5.41) is 0.0574. The Kier molecular flexibility index (Phi) is 4.83. The molecule has 88 valence electrons. The van der Waals surface area contributed by atoms with Gasteiger partial charge in [0.25, 0.3) is 5.24 Å². The smallest absolute Gasteiger partial charge is 0.285 e. The molecule has 0 saturated carbocycles. The fourth-order valence-corrected chi connectivity index (χ4v) is 2.01. The van der Waals surface area contributed by atoms with E-state index >= 15 is 0 Å². The number of hydrogen-bond donors (Lipinski definition) is 0. The average Bonchev–Trinajstić information content (AvgIpc) is 2.16. The molecular weight excluding hydrogens is 220 g/mol. The fourth-order valence-electron chi connectivity index (χ4n) is 1.26. The lowest BCUT2D eigenvalue weighted by Gasteiger charge is -2.12. The number of carbonyl (C=O) groups is 1. The molecule has 16 heavy (non-hydrogen) atoms. The minimum atomic E-state index is 0.0574. The summed E-state index contributed by atoms with van der Waals surface area (Å²) in [6, 6.07) is 8.09. The lowest BCUT2D eigenvalue weighted by Crippen LogP contribution is -2.16. The van der Waals surface area contributed by atoms with E-state index in [0.29, 0.717) is 0 Å². The Hall–Kier alpha value is -1.00. The highest BCUT2D eigenvalue weighted by molar-refractivity contribution is 8.13. The molecule has 1 rings (SSSR count). The van der Waals surface area contributed by atoms with Gasteiger partial charge in [0.2, 0.25) is 0 Å². The van der Waals surface area contributed by atoms with Gasteiger partial charge in [0, 0.05) is 25.5 Å². The monoisotopic (exact) mass is 238 g/mol. The van der Waals surface area contributed by atoms with Crippen molar-refractivity contribution >= 4 is 17.0 Å². The first-order valence-corrected chi connectivity index (χ1v) is 5.93. The van der Waals surface area contributed by atoms with Gasteiger partial charge in [-0.2, -0.15) is 0 Å². The molecule has 0 N–H and O–H groups in total. The Labute approximate surface area is 101 Å². The second-order valence-electron chi connectivity index (χ2n) is 4.15. The van der Waals surface area contributed by atoms with Crippen LogP contribution < -0.4 is 0 Å². The van der Waals surface area contributed by atoms with Crippen LogP contribution in [0.3, 0.4) is 0 Å². The zero-order valence-electron chi connectivity index (χ0n) is 10.2. The Morgan fingerprint density at radius 1 is 1.25 bits per heavy atom. The summed E-state index contributed by atoms with van der Waals surface area (Å²) in [6.45, 7) is 0.893. The SMILES string of the molecule is CN(C)Cc1cccc(SC(=O)N(C)C)c1. The molecule has 0 unspecified atom stereocenters. The lowest BCUT2D eigenvalue weighted by atomic mass is 10.2. The predicted molar refractivity (Wildman–Crippen MR) is 68.8 cm³/mol. The van der Waals surface area contributed by atoms with Gasteiger partial charge in [0.1, 0.15) is 0 Å². The molecule has 0 bridgehead atoms. The first-order chi connectivity index (χ1) is 7.49. The first-order valence-electron chi connectivity index (χ1n) is 5.12. The maximum Gasteiger partial charge on any atom is 0.285 e. The van der Waals surface area contributed by atoms with Crippen LogP contribution in [0.5, 0.6) is 0 Å². The van der Waals surface area contributed by atoms with Crippen LogP contribution in [0, 0.1) is 0 Å². The van der Waals surface area contributed by atoms with Gasteiger partial charge in [-0.05, 0) is 43.6 Å². The van der Waals surface area contributed by atoms with E-state index in [0.717, 1.165) is 11.4 Å². The number of hydrogen-bond acceptors (Lipinski definition) is 3. The summed E-state index contributed by atoms with van der Waals surface area (Å²) < 4.78 is 0. The highest BCUT2D eigenvalue weighted by atomic mass is 32.2. The predicted octanol–water partition coefficient (Wildman–Crippen LogP) is 2.52. The molecule has 0 saturated heterocycles. The van der Waals surface area contributed by atoms with Crippen LogP contribution in [-0.2, 0) is 6.54 Å². The molecule has 4 heteroatoms. The fraction of sp³-hybridized carbons (Fsp3) is 0.417. The molecule has 1 amide bonds. The number of carbonyl (C=O) groups excluding carboxylic acids is 1. The molecule has 0 spiro atoms. The third-order valence-corrected chi connectivity index (χ3v) is 3.00. The zero-order valence-corrected chi connectivity index (χ0v) is 11.0. The largest absolute Gasteiger partial charge is 0.339 e. The van der Waals surface area contributed by atoms with E-state index in [4.69, 9.17) is 0 Å². The number of rotatable bonds is 3. The summed E-state index contributed by atoms with van der Waals surface area (Å²) in [4.78, 5) is 16.2. The van der Waals surface area contributed by atoms with E-state index in [2.05, 4.69) is 17.0 Å². The summed E-state index contributed by atoms with van der Waals surface area (Å²) in [5.41, 5.74) is 1.22. The van der Waals surface area contributed by atoms with Crippen molar-refractivity contribution in [2.24, 2.45) is 0 Å². The molecular formula is C12H18N2OS. The standard InChI is InChI=1S/C12H18N2OS/c1-13(2)9-10-6-5-7-11(8-10)16-12(15)14(3)4/h5-8H,9H2,1-4H3. The van der Waals surface area contributed by atoms with E-state index in [-0.39, 0.29) is 5.24 Å². The number of thioether (sulfide) groups is 1. The zero-order chi connectivity index (χ0) is 12.1. The van der Waals surface area contributed by atoms with Crippen LogP contribution in [0.1, 0.15) is 5.56 Å². The molecule has 3 nitrogen and oxygen atoms in total. The van der Waals surface area contributed by atoms with Crippen molar-refractivity contribution in [2.75, 3.05) is 28.2 Å². The summed E-state index contributed by atoms with van der Waals surface area (Å²) in [7, 11) is 7.59. The van der Waals surface area contributed by atoms with Gasteiger partial charge in [-0.25, -0.2) is 0 Å². The van der Waals surface area contributed by atoms with Crippen LogP contribution in [0.4, 0.5) is 4.79 Å². The quantitative estimate of drug-likeness (QED) is 0.756. The third-order valence-electron chi connectivity index (χ3n) is 1.97. The Morgan fingerprint density at radius 2 is 1.94 bits per heavy atom. The molecule has 0 aromatic heterocycles. The average molecular weight is 238 g/mol. The topological polar surface area (TPSA) is 23.6 Å². The summed E-state index contributed by atoms with van der Waals surface area (Å²) >= 11 is 1.26. The third kappa shape index (κ3) is 4.24. The minimum absolute atomic E-state index is 0.0574. The van der Waals surface area contributed by atoms with E-state index in [1.165, 1.54) is 17.3 Å². The van der Waals surface area contributed by atoms with Crippen molar-refractivity contribution in [3.05, 3.63) is 29.8 Å². The summed E-state index contributed by atoms with van der Waals surface area (Å²) in [6.07, 6.45) is 0. The molecule has 0 radical (unpaired) electrons. The highest BCUT2D eigenvalue weighted by Gasteiger charge is 2.07. The van der Waals surface area contributed by atoms with Gasteiger partial charge in [-0.15, -0.1) is 0 Å². The molecule has 0 aliphatic rings. The number of benzene rings is 1. The van der Waals surface area contributed by atoms with Gasteiger partial charge < -0.3 is 9.80 Å². The minimum Gasteiger partial charge on any atom is -0.339 e. The molecule has 0 aliphatic carbocycles. The van der Waals surface area contributed by atoms with Gasteiger partial charge >= 0.3 is 0 Å². The van der Waals surface area contributed by atoms with Crippen LogP contribution in [-0.4, -0.2) is 43.2 Å². The maximum absolute atomic E-state index is 11.5. The van der Waals surface area contributed by atoms with E-state index < -0.39 is 0 Å². The van der Waals surface area contributed by atoms with Crippen LogP contribution >= 0.6 is 11.8 Å². The second-order valence-corrected chi connectivity index (χ2v) is 5.17. The molecule has 1 aromatic carbocycles. The molecule has 0 heterocycles. The first kappa shape index (κ1) is 13.1. The van der Waals surface area contributed by atoms with Crippen molar-refractivity contribution in [2.45, 2.75) is 11.4 Å². The molecule has 0 fully saturated rings. The van der Waals surface area contributed by atoms with Crippen molar-refractivity contribution in [1.82, 2.24) is 9.80 Å². The van der Waals surface area contributed by atoms with Crippen LogP contribution in [0.15, 0.2) is 29.2 Å². The van der Waals surface area contributed by atoms with Gasteiger partial charge in [0.05, 0.1) is 0 Å². The van der Waals surface area contributed by atoms with E-state index in [1.807, 2.05) is 26.2 Å². The molecule has 0 aliphatic heterocycles. The molecule has 1 aromatic rings. The number of amides is 1. The van der Waals surface area contributed by atoms with Gasteiger partial charge in [-0.3, -0.25) is 4.79 Å². The normalized spacial score (nSPS) is 10.6. The van der Waals surface area contributed by atoms with Crippen molar-refractivity contribution in [3.8, 4) is 0 Å². The van der Waals surface area contributed by atoms with Gasteiger partial charge in [0.15, 0.2) is 0 Å². The molecule has 0 atom stereocenters. The van der Waals surface area contributed by atoms with E-state index in [1.54, 1.807) is 19.0 Å². The number of nitrogens with zero attached hydrogens (tertiary/aromatic N) is 2. The second kappa shape index (κ2) is 5.92. The van der Waals surface area contributed by atoms with E-state index in [9.17, 15) is 4.79 Å². The Morgan fingerprint density at radius 3 is 2.50 bits per heavy atom. The van der Waals surface area contributed by atoms with Crippen molar-refractivity contribution in [3.63, 3.8) is 0 Å². The highest BCUT2D eigenvalue weighted by Crippen LogP contribution is 2.21. The van der Waals surface area contributed by atoms with Crippen LogP contribution in [0.25, 0.3) is 0 Å². The van der Waals surface area contributed by atoms with Crippen LogP contribution in [0.2, 0.25) is 0 Å². The van der Waals surface area contributed by atoms with Crippen molar-refractivity contribution in [1.29, 1.82) is 0 Å².